The minimum absolute atomic E-state index is 0.369. The average Bonchev–Trinajstić information content (AvgIpc) is 2.28. The number of hydrogen-bond acceptors (Lipinski definition) is 3. The number of carbonyl (C=O) groups is 1. The van der Waals surface area contributed by atoms with Crippen LogP contribution in [0, 0.1) is 0 Å². The molecule has 2 heterocycles. The van der Waals surface area contributed by atoms with Crippen LogP contribution in [0.1, 0.15) is 5.69 Å². The Kier molecular flexibility index (Phi) is 2.95. The number of nitrogens with one attached hydrogen (secondary N) is 1. The van der Waals surface area contributed by atoms with E-state index in [-0.39, 0.29) is 0 Å². The van der Waals surface area contributed by atoms with Gasteiger partial charge in [-0.05, 0) is 24.3 Å². The van der Waals surface area contributed by atoms with Crippen molar-refractivity contribution >= 4 is 17.1 Å². The van der Waals surface area contributed by atoms with Crippen LogP contribution in [-0.4, -0.2) is 27.7 Å². The van der Waals surface area contributed by atoms with E-state index in [0.29, 0.717) is 13.0 Å². The molecule has 2 rings (SSSR count). The van der Waals surface area contributed by atoms with E-state index < -0.39 is 6.09 Å². The number of carboxylic acid groups (broad SMARTS) is 1. The summed E-state index contributed by atoms with van der Waals surface area (Å²) in [6, 6.07) is 7.46. The van der Waals surface area contributed by atoms with E-state index in [1.165, 1.54) is 0 Å². The van der Waals surface area contributed by atoms with Crippen molar-refractivity contribution in [3.8, 4) is 0 Å². The molecule has 82 valence electrons. The molecule has 2 aromatic rings. The Hall–Kier alpha value is -2.17. The van der Waals surface area contributed by atoms with Crippen molar-refractivity contribution in [1.29, 1.82) is 0 Å². The van der Waals surface area contributed by atoms with Crippen LogP contribution in [0.4, 0.5) is 4.79 Å². The number of fused-ring (bicyclic) bond motifs is 1. The van der Waals surface area contributed by atoms with Gasteiger partial charge in [-0.2, -0.15) is 0 Å². The highest BCUT2D eigenvalue weighted by Crippen LogP contribution is 2.08. The Balaban J connectivity index is 2.10. The number of amides is 1. The fraction of sp³-hybridized carbons (Fsp3) is 0.182. The first-order valence-electron chi connectivity index (χ1n) is 4.93. The van der Waals surface area contributed by atoms with Gasteiger partial charge in [-0.1, -0.05) is 0 Å². The molecule has 0 atom stereocenters. The predicted octanol–water partition coefficient (Wildman–Crippen LogP) is 1.44. The maximum absolute atomic E-state index is 10.3. The molecule has 5 nitrogen and oxygen atoms in total. The second-order valence-corrected chi connectivity index (χ2v) is 3.33. The van der Waals surface area contributed by atoms with Crippen molar-refractivity contribution in [2.75, 3.05) is 6.54 Å². The van der Waals surface area contributed by atoms with E-state index >= 15 is 0 Å². The molecule has 0 saturated heterocycles. The van der Waals surface area contributed by atoms with E-state index in [1.54, 1.807) is 6.20 Å². The zero-order valence-electron chi connectivity index (χ0n) is 8.55. The van der Waals surface area contributed by atoms with Crippen LogP contribution in [0.5, 0.6) is 0 Å². The molecule has 0 radical (unpaired) electrons. The molecule has 16 heavy (non-hydrogen) atoms. The molecule has 0 aromatic carbocycles. The van der Waals surface area contributed by atoms with Crippen molar-refractivity contribution < 1.29 is 9.90 Å². The lowest BCUT2D eigenvalue weighted by atomic mass is 10.2. The topological polar surface area (TPSA) is 75.1 Å². The molecule has 0 aliphatic rings. The molecule has 5 heteroatoms. The third kappa shape index (κ3) is 2.44. The molecule has 0 fully saturated rings. The summed E-state index contributed by atoms with van der Waals surface area (Å²) in [5, 5.41) is 10.7. The Bertz CT molecular complexity index is 513. The Labute approximate surface area is 92.2 Å². The van der Waals surface area contributed by atoms with Gasteiger partial charge in [0.05, 0.1) is 11.0 Å². The van der Waals surface area contributed by atoms with Crippen molar-refractivity contribution in [2.24, 2.45) is 0 Å². The van der Waals surface area contributed by atoms with Gasteiger partial charge in [0.25, 0.3) is 0 Å². The number of pyridine rings is 2. The molecule has 2 aromatic heterocycles. The quantitative estimate of drug-likeness (QED) is 0.815. The van der Waals surface area contributed by atoms with E-state index in [9.17, 15) is 4.79 Å². The fourth-order valence-electron chi connectivity index (χ4n) is 1.44. The summed E-state index contributed by atoms with van der Waals surface area (Å²) in [7, 11) is 0. The van der Waals surface area contributed by atoms with E-state index in [0.717, 1.165) is 16.7 Å². The van der Waals surface area contributed by atoms with Crippen LogP contribution in [0.3, 0.4) is 0 Å². The van der Waals surface area contributed by atoms with E-state index in [1.807, 2.05) is 24.3 Å². The summed E-state index contributed by atoms with van der Waals surface area (Å²) in [4.78, 5) is 18.8. The lowest BCUT2D eigenvalue weighted by Crippen LogP contribution is -2.23. The summed E-state index contributed by atoms with van der Waals surface area (Å²) in [6.45, 7) is 0.369. The summed E-state index contributed by atoms with van der Waals surface area (Å²) in [5.74, 6) is 0. The van der Waals surface area contributed by atoms with Crippen LogP contribution in [-0.2, 0) is 6.42 Å². The molecule has 2 N–H and O–H groups in total. The molecule has 0 aliphatic heterocycles. The van der Waals surface area contributed by atoms with Gasteiger partial charge in [0.15, 0.2) is 0 Å². The average molecular weight is 217 g/mol. The van der Waals surface area contributed by atoms with E-state index in [2.05, 4.69) is 15.3 Å². The van der Waals surface area contributed by atoms with Crippen molar-refractivity contribution in [2.45, 2.75) is 6.42 Å². The van der Waals surface area contributed by atoms with Crippen LogP contribution >= 0.6 is 0 Å². The second kappa shape index (κ2) is 4.57. The minimum atomic E-state index is -1.01. The lowest BCUT2D eigenvalue weighted by Gasteiger charge is -2.02. The Morgan fingerprint density at radius 3 is 3.00 bits per heavy atom. The minimum Gasteiger partial charge on any atom is -0.465 e. The summed E-state index contributed by atoms with van der Waals surface area (Å²) < 4.78 is 0. The van der Waals surface area contributed by atoms with Gasteiger partial charge >= 0.3 is 6.09 Å². The lowest BCUT2D eigenvalue weighted by molar-refractivity contribution is 0.194. The van der Waals surface area contributed by atoms with Gasteiger partial charge in [0, 0.05) is 24.9 Å². The monoisotopic (exact) mass is 217 g/mol. The fourth-order valence-corrected chi connectivity index (χ4v) is 1.44. The predicted molar refractivity (Wildman–Crippen MR) is 59.3 cm³/mol. The normalized spacial score (nSPS) is 10.2. The summed E-state index contributed by atoms with van der Waals surface area (Å²) >= 11 is 0. The highest BCUT2D eigenvalue weighted by Gasteiger charge is 1.99. The maximum Gasteiger partial charge on any atom is 0.404 e. The highest BCUT2D eigenvalue weighted by atomic mass is 16.4. The van der Waals surface area contributed by atoms with Gasteiger partial charge in [-0.15, -0.1) is 0 Å². The number of nitrogens with zero attached hydrogens (tertiary/aromatic N) is 2. The van der Waals surface area contributed by atoms with Gasteiger partial charge in [-0.25, -0.2) is 4.79 Å². The first-order chi connectivity index (χ1) is 7.75. The molecule has 0 spiro atoms. The third-order valence-corrected chi connectivity index (χ3v) is 2.17. The molecule has 0 unspecified atom stereocenters. The first kappa shape index (κ1) is 10.4. The summed E-state index contributed by atoms with van der Waals surface area (Å²) in [6.07, 6.45) is 1.29. The Morgan fingerprint density at radius 2 is 2.19 bits per heavy atom. The van der Waals surface area contributed by atoms with Crippen LogP contribution < -0.4 is 5.32 Å². The van der Waals surface area contributed by atoms with E-state index in [4.69, 9.17) is 5.11 Å². The van der Waals surface area contributed by atoms with Crippen LogP contribution in [0.2, 0.25) is 0 Å². The first-order valence-corrected chi connectivity index (χ1v) is 4.93. The van der Waals surface area contributed by atoms with Gasteiger partial charge in [0.1, 0.15) is 0 Å². The molecular formula is C11H11N3O2. The highest BCUT2D eigenvalue weighted by molar-refractivity contribution is 5.73. The largest absolute Gasteiger partial charge is 0.465 e. The molecule has 0 bridgehead atoms. The molecule has 1 amide bonds. The van der Waals surface area contributed by atoms with Crippen LogP contribution in [0.15, 0.2) is 30.5 Å². The molecule has 0 saturated carbocycles. The van der Waals surface area contributed by atoms with Gasteiger partial charge < -0.3 is 10.4 Å². The Morgan fingerprint density at radius 1 is 1.31 bits per heavy atom. The van der Waals surface area contributed by atoms with Gasteiger partial charge in [0.2, 0.25) is 0 Å². The standard InChI is InChI=1S/C11H11N3O2/c15-11(16)13-7-5-8-3-4-9-10(14-8)2-1-6-12-9/h1-4,6,13H,5,7H2,(H,15,16). The molecule has 0 aliphatic carbocycles. The second-order valence-electron chi connectivity index (χ2n) is 3.33. The SMILES string of the molecule is O=C(O)NCCc1ccc2ncccc2n1. The van der Waals surface area contributed by atoms with Crippen LogP contribution in [0.25, 0.3) is 11.0 Å². The van der Waals surface area contributed by atoms with Gasteiger partial charge in [-0.3, -0.25) is 9.97 Å². The number of aromatic nitrogens is 2. The zero-order chi connectivity index (χ0) is 11.4. The van der Waals surface area contributed by atoms with Crippen molar-refractivity contribution in [1.82, 2.24) is 15.3 Å². The number of rotatable bonds is 3. The molecular weight excluding hydrogens is 206 g/mol. The third-order valence-electron chi connectivity index (χ3n) is 2.17. The maximum atomic E-state index is 10.3. The zero-order valence-corrected chi connectivity index (χ0v) is 8.55. The van der Waals surface area contributed by atoms with Crippen molar-refractivity contribution in [3.63, 3.8) is 0 Å². The number of hydrogen-bond donors (Lipinski definition) is 2. The van der Waals surface area contributed by atoms with Crippen molar-refractivity contribution in [3.05, 3.63) is 36.2 Å². The summed E-state index contributed by atoms with van der Waals surface area (Å²) in [5.41, 5.74) is 2.53. The smallest absolute Gasteiger partial charge is 0.404 e.